The number of ketones is 1. The minimum Gasteiger partial charge on any atom is -0.422 e. The van der Waals surface area contributed by atoms with Gasteiger partial charge in [0, 0.05) is 22.8 Å². The molecular formula is C19H20N2O4S. The van der Waals surface area contributed by atoms with Crippen molar-refractivity contribution < 1.29 is 14.0 Å². The SMILES string of the molecule is O=C1N[C@H]2[C@H](CS[C@H]2CCCCC(=O)c2cc3ccccc3oc2=O)N1. The van der Waals surface area contributed by atoms with E-state index in [1.807, 2.05) is 23.9 Å². The Kier molecular flexibility index (Phi) is 4.72. The normalized spacial score (nSPS) is 24.3. The van der Waals surface area contributed by atoms with Gasteiger partial charge in [0.15, 0.2) is 5.78 Å². The highest BCUT2D eigenvalue weighted by molar-refractivity contribution is 8.00. The number of nitrogens with one attached hydrogen (secondary N) is 2. The highest BCUT2D eigenvalue weighted by atomic mass is 32.2. The average Bonchev–Trinajstić information content (AvgIpc) is 3.17. The highest BCUT2D eigenvalue weighted by Gasteiger charge is 2.42. The first kappa shape index (κ1) is 17.1. The second-order valence-electron chi connectivity index (χ2n) is 6.78. The van der Waals surface area contributed by atoms with Gasteiger partial charge in [0.2, 0.25) is 0 Å². The van der Waals surface area contributed by atoms with Gasteiger partial charge in [-0.1, -0.05) is 24.6 Å². The van der Waals surface area contributed by atoms with Crippen molar-refractivity contribution in [3.05, 3.63) is 46.3 Å². The number of urea groups is 1. The smallest absolute Gasteiger partial charge is 0.347 e. The summed E-state index contributed by atoms with van der Waals surface area (Å²) >= 11 is 1.87. The molecule has 7 heteroatoms. The van der Waals surface area contributed by atoms with Gasteiger partial charge in [0.05, 0.1) is 12.1 Å². The minimum atomic E-state index is -0.567. The summed E-state index contributed by atoms with van der Waals surface area (Å²) in [5.41, 5.74) is 0.0583. The van der Waals surface area contributed by atoms with E-state index < -0.39 is 5.63 Å². The van der Waals surface area contributed by atoms with Crippen LogP contribution in [0.25, 0.3) is 11.0 Å². The van der Waals surface area contributed by atoms with Gasteiger partial charge in [-0.15, -0.1) is 0 Å². The first-order valence-electron chi connectivity index (χ1n) is 8.86. The molecular weight excluding hydrogens is 352 g/mol. The van der Waals surface area contributed by atoms with Crippen molar-refractivity contribution in [2.45, 2.75) is 43.0 Å². The van der Waals surface area contributed by atoms with E-state index in [0.29, 0.717) is 17.3 Å². The maximum atomic E-state index is 12.4. The molecule has 2 amide bonds. The van der Waals surface area contributed by atoms with Crippen LogP contribution in [0.1, 0.15) is 36.0 Å². The molecule has 0 saturated carbocycles. The highest BCUT2D eigenvalue weighted by Crippen LogP contribution is 2.33. The number of carbonyl (C=O) groups excluding carboxylic acids is 2. The molecule has 26 heavy (non-hydrogen) atoms. The van der Waals surface area contributed by atoms with Gasteiger partial charge in [-0.05, 0) is 25.0 Å². The molecule has 0 radical (unpaired) electrons. The van der Waals surface area contributed by atoms with Crippen molar-refractivity contribution in [3.8, 4) is 0 Å². The lowest BCUT2D eigenvalue weighted by molar-refractivity contribution is 0.0975. The molecule has 136 valence electrons. The summed E-state index contributed by atoms with van der Waals surface area (Å²) in [7, 11) is 0. The van der Waals surface area contributed by atoms with Gasteiger partial charge in [-0.2, -0.15) is 11.8 Å². The summed E-state index contributed by atoms with van der Waals surface area (Å²) in [6.07, 6.45) is 2.90. The summed E-state index contributed by atoms with van der Waals surface area (Å²) in [6, 6.07) is 9.14. The van der Waals surface area contributed by atoms with E-state index in [1.165, 1.54) is 0 Å². The lowest BCUT2D eigenvalue weighted by Crippen LogP contribution is -2.36. The Labute approximate surface area is 154 Å². The Bertz CT molecular complexity index is 910. The molecule has 1 aromatic heterocycles. The summed E-state index contributed by atoms with van der Waals surface area (Å²) in [6.45, 7) is 0. The number of carbonyl (C=O) groups is 2. The van der Waals surface area contributed by atoms with E-state index >= 15 is 0 Å². The molecule has 6 nitrogen and oxygen atoms in total. The number of Topliss-reactive ketones (excluding diaryl/α,β-unsaturated/α-hetero) is 1. The second kappa shape index (κ2) is 7.15. The molecule has 2 aromatic rings. The van der Waals surface area contributed by atoms with Crippen LogP contribution in [0.4, 0.5) is 4.79 Å². The van der Waals surface area contributed by atoms with Crippen LogP contribution in [0, 0.1) is 0 Å². The Morgan fingerprint density at radius 2 is 2.04 bits per heavy atom. The molecule has 2 fully saturated rings. The van der Waals surface area contributed by atoms with Crippen molar-refractivity contribution in [2.75, 3.05) is 5.75 Å². The Hall–Kier alpha value is -2.28. The standard InChI is InChI=1S/C19H20N2O4S/c22-14(12-9-11-5-1-3-7-15(11)25-18(12)23)6-2-4-8-16-17-13(10-26-16)20-19(24)21-17/h1,3,5,7,9,13,16-17H,2,4,6,8,10H2,(H2,20,21,24)/t13-,16-,17-/m0/s1. The van der Waals surface area contributed by atoms with E-state index in [4.69, 9.17) is 4.42 Å². The van der Waals surface area contributed by atoms with Gasteiger partial charge in [-0.25, -0.2) is 9.59 Å². The van der Waals surface area contributed by atoms with Crippen LogP contribution < -0.4 is 16.3 Å². The maximum Gasteiger partial charge on any atom is 0.347 e. The third kappa shape index (κ3) is 3.35. The van der Waals surface area contributed by atoms with E-state index in [9.17, 15) is 14.4 Å². The van der Waals surface area contributed by atoms with Crippen LogP contribution in [0.15, 0.2) is 39.5 Å². The van der Waals surface area contributed by atoms with Crippen molar-refractivity contribution in [3.63, 3.8) is 0 Å². The summed E-state index contributed by atoms with van der Waals surface area (Å²) in [4.78, 5) is 35.8. The first-order chi connectivity index (χ1) is 12.6. The summed E-state index contributed by atoms with van der Waals surface area (Å²) in [5.74, 6) is 0.766. The molecule has 3 atom stereocenters. The van der Waals surface area contributed by atoms with Crippen LogP contribution in [0.5, 0.6) is 0 Å². The zero-order chi connectivity index (χ0) is 18.1. The van der Waals surface area contributed by atoms with Crippen molar-refractivity contribution in [2.24, 2.45) is 0 Å². The van der Waals surface area contributed by atoms with E-state index in [2.05, 4.69) is 10.6 Å². The van der Waals surface area contributed by atoms with Crippen molar-refractivity contribution >= 4 is 34.5 Å². The molecule has 0 bridgehead atoms. The Morgan fingerprint density at radius 3 is 2.92 bits per heavy atom. The average molecular weight is 372 g/mol. The van der Waals surface area contributed by atoms with Crippen LogP contribution in [0.3, 0.4) is 0 Å². The minimum absolute atomic E-state index is 0.0801. The third-order valence-electron chi connectivity index (χ3n) is 5.02. The fraction of sp³-hybridized carbons (Fsp3) is 0.421. The lowest BCUT2D eigenvalue weighted by atomic mass is 10.0. The van der Waals surface area contributed by atoms with E-state index in [-0.39, 0.29) is 29.5 Å². The number of fused-ring (bicyclic) bond motifs is 2. The quantitative estimate of drug-likeness (QED) is 0.352. The number of amides is 2. The van der Waals surface area contributed by atoms with E-state index in [0.717, 1.165) is 30.4 Å². The topological polar surface area (TPSA) is 88.4 Å². The second-order valence-corrected chi connectivity index (χ2v) is 8.05. The summed E-state index contributed by atoms with van der Waals surface area (Å²) < 4.78 is 5.23. The predicted molar refractivity (Wildman–Crippen MR) is 101 cm³/mol. The number of benzene rings is 1. The monoisotopic (exact) mass is 372 g/mol. The van der Waals surface area contributed by atoms with Gasteiger partial charge in [0.25, 0.3) is 0 Å². The number of hydrogen-bond acceptors (Lipinski definition) is 5. The summed E-state index contributed by atoms with van der Waals surface area (Å²) in [5, 5.41) is 7.05. The predicted octanol–water partition coefficient (Wildman–Crippen LogP) is 2.70. The molecule has 0 unspecified atom stereocenters. The van der Waals surface area contributed by atoms with Crippen LogP contribution in [-0.2, 0) is 0 Å². The van der Waals surface area contributed by atoms with E-state index in [1.54, 1.807) is 18.2 Å². The van der Waals surface area contributed by atoms with Gasteiger partial charge in [0.1, 0.15) is 11.1 Å². The maximum absolute atomic E-state index is 12.4. The van der Waals surface area contributed by atoms with Crippen molar-refractivity contribution in [1.82, 2.24) is 10.6 Å². The zero-order valence-corrected chi connectivity index (χ0v) is 15.0. The van der Waals surface area contributed by atoms with Gasteiger partial charge in [-0.3, -0.25) is 4.79 Å². The molecule has 1 aromatic carbocycles. The van der Waals surface area contributed by atoms with Crippen molar-refractivity contribution in [1.29, 1.82) is 0 Å². The fourth-order valence-electron chi connectivity index (χ4n) is 3.67. The third-order valence-corrected chi connectivity index (χ3v) is 6.53. The molecule has 2 N–H and O–H groups in total. The van der Waals surface area contributed by atoms with Crippen LogP contribution in [-0.4, -0.2) is 34.9 Å². The van der Waals surface area contributed by atoms with Crippen LogP contribution in [0.2, 0.25) is 0 Å². The Morgan fingerprint density at radius 1 is 1.19 bits per heavy atom. The molecule has 4 rings (SSSR count). The molecule has 2 aliphatic rings. The Balaban J connectivity index is 1.31. The van der Waals surface area contributed by atoms with Gasteiger partial charge >= 0.3 is 11.7 Å². The largest absolute Gasteiger partial charge is 0.422 e. The first-order valence-corrected chi connectivity index (χ1v) is 9.91. The number of hydrogen-bond donors (Lipinski definition) is 2. The molecule has 2 saturated heterocycles. The number of para-hydroxylation sites is 1. The molecule has 3 heterocycles. The number of thioether (sulfide) groups is 1. The molecule has 2 aliphatic heterocycles. The lowest BCUT2D eigenvalue weighted by Gasteiger charge is -2.16. The van der Waals surface area contributed by atoms with Gasteiger partial charge < -0.3 is 15.1 Å². The number of unbranched alkanes of at least 4 members (excludes halogenated alkanes) is 1. The number of rotatable bonds is 6. The van der Waals surface area contributed by atoms with Crippen LogP contribution >= 0.6 is 11.8 Å². The molecule has 0 aliphatic carbocycles. The molecule has 0 spiro atoms. The fourth-order valence-corrected chi connectivity index (χ4v) is 5.21. The zero-order valence-electron chi connectivity index (χ0n) is 14.2.